The number of aromatic nitrogens is 2. The van der Waals surface area contributed by atoms with Gasteiger partial charge in [0.1, 0.15) is 0 Å². The Hall–Kier alpha value is -1.42. The fourth-order valence-corrected chi connectivity index (χ4v) is 2.15. The molecule has 1 aromatic heterocycles. The molecule has 0 fully saturated rings. The quantitative estimate of drug-likeness (QED) is 0.842. The number of nitrogens with zero attached hydrogens (tertiary/aromatic N) is 1. The highest BCUT2D eigenvalue weighted by Gasteiger charge is 2.12. The van der Waals surface area contributed by atoms with E-state index in [4.69, 9.17) is 16.6 Å². The first-order valence-corrected chi connectivity index (χ1v) is 6.08. The van der Waals surface area contributed by atoms with Crippen molar-refractivity contribution in [1.82, 2.24) is 10.2 Å². The first kappa shape index (κ1) is 12.0. The van der Waals surface area contributed by atoms with Crippen LogP contribution in [0.1, 0.15) is 35.4 Å². The average Bonchev–Trinajstić information content (AvgIpc) is 2.67. The van der Waals surface area contributed by atoms with E-state index >= 15 is 0 Å². The molecule has 2 rings (SSSR count). The van der Waals surface area contributed by atoms with Crippen molar-refractivity contribution in [3.63, 3.8) is 0 Å². The van der Waals surface area contributed by atoms with Crippen molar-refractivity contribution < 1.29 is 4.42 Å². The van der Waals surface area contributed by atoms with Crippen LogP contribution in [0.4, 0.5) is 0 Å². The third-order valence-corrected chi connectivity index (χ3v) is 3.10. The highest BCUT2D eigenvalue weighted by Crippen LogP contribution is 2.23. The summed E-state index contributed by atoms with van der Waals surface area (Å²) in [6.07, 6.45) is 0.761. The molecule has 0 radical (unpaired) electrons. The first-order valence-electron chi connectivity index (χ1n) is 5.68. The summed E-state index contributed by atoms with van der Waals surface area (Å²) in [4.78, 5) is 0.341. The molecule has 0 aliphatic heterocycles. The molecule has 3 nitrogen and oxygen atoms in total. The molecule has 2 aromatic rings. The van der Waals surface area contributed by atoms with E-state index in [1.54, 1.807) is 0 Å². The lowest BCUT2D eigenvalue weighted by molar-refractivity contribution is 0.465. The molecular weight excluding hydrogens is 232 g/mol. The average molecular weight is 248 g/mol. The van der Waals surface area contributed by atoms with Crippen molar-refractivity contribution in [3.8, 4) is 0 Å². The van der Waals surface area contributed by atoms with Gasteiger partial charge < -0.3 is 4.42 Å². The second kappa shape index (κ2) is 4.84. The third-order valence-electron chi connectivity index (χ3n) is 2.93. The molecule has 0 aliphatic rings. The summed E-state index contributed by atoms with van der Waals surface area (Å²) in [6, 6.07) is 6.51. The van der Waals surface area contributed by atoms with Crippen LogP contribution in [0.3, 0.4) is 0 Å². The Morgan fingerprint density at radius 3 is 2.82 bits per heavy atom. The molecule has 0 aliphatic carbocycles. The second-order valence-electron chi connectivity index (χ2n) is 4.47. The van der Waals surface area contributed by atoms with Crippen LogP contribution in [0.5, 0.6) is 0 Å². The number of rotatable bonds is 3. The summed E-state index contributed by atoms with van der Waals surface area (Å²) in [5, 5.41) is 6.69. The number of benzene rings is 1. The zero-order valence-corrected chi connectivity index (χ0v) is 11.1. The van der Waals surface area contributed by atoms with Crippen LogP contribution in [0.15, 0.2) is 22.6 Å². The minimum Gasteiger partial charge on any atom is -0.414 e. The summed E-state index contributed by atoms with van der Waals surface area (Å²) >= 11 is 4.86. The maximum absolute atomic E-state index is 5.29. The molecule has 1 unspecified atom stereocenters. The lowest BCUT2D eigenvalue weighted by Crippen LogP contribution is -2.01. The van der Waals surface area contributed by atoms with Crippen molar-refractivity contribution in [1.29, 1.82) is 0 Å². The van der Waals surface area contributed by atoms with Gasteiger partial charge in [-0.1, -0.05) is 30.7 Å². The molecule has 0 spiro atoms. The van der Waals surface area contributed by atoms with Crippen LogP contribution in [0.2, 0.25) is 0 Å². The predicted octanol–water partition coefficient (Wildman–Crippen LogP) is 3.70. The number of H-pyrrole nitrogens is 1. The van der Waals surface area contributed by atoms with Crippen molar-refractivity contribution in [2.24, 2.45) is 0 Å². The Bertz CT molecular complexity index is 571. The smallest absolute Gasteiger partial charge is 0.284 e. The fourth-order valence-electron chi connectivity index (χ4n) is 2.01. The van der Waals surface area contributed by atoms with Crippen LogP contribution in [-0.2, 0) is 6.42 Å². The van der Waals surface area contributed by atoms with Gasteiger partial charge in [0, 0.05) is 6.42 Å². The topological polar surface area (TPSA) is 41.8 Å². The van der Waals surface area contributed by atoms with Gasteiger partial charge in [0.25, 0.3) is 4.84 Å². The van der Waals surface area contributed by atoms with Gasteiger partial charge in [-0.25, -0.2) is 5.10 Å². The largest absolute Gasteiger partial charge is 0.414 e. The minimum absolute atomic E-state index is 0.341. The summed E-state index contributed by atoms with van der Waals surface area (Å²) in [5.41, 5.74) is 3.92. The van der Waals surface area contributed by atoms with Gasteiger partial charge >= 0.3 is 0 Å². The molecule has 0 bridgehead atoms. The number of aromatic amines is 1. The van der Waals surface area contributed by atoms with Gasteiger partial charge in [-0.15, -0.1) is 5.10 Å². The molecule has 1 N–H and O–H groups in total. The Kier molecular flexibility index (Phi) is 3.43. The van der Waals surface area contributed by atoms with Crippen LogP contribution in [0.25, 0.3) is 0 Å². The molecule has 0 amide bonds. The molecule has 1 heterocycles. The molecule has 0 saturated heterocycles. The zero-order valence-electron chi connectivity index (χ0n) is 10.3. The van der Waals surface area contributed by atoms with E-state index in [-0.39, 0.29) is 0 Å². The van der Waals surface area contributed by atoms with Crippen LogP contribution in [-0.4, -0.2) is 10.2 Å². The predicted molar refractivity (Wildman–Crippen MR) is 69.7 cm³/mol. The number of hydrogen-bond acceptors (Lipinski definition) is 3. The first-order chi connectivity index (χ1) is 8.06. The molecule has 4 heteroatoms. The third kappa shape index (κ3) is 2.82. The van der Waals surface area contributed by atoms with Gasteiger partial charge in [0.05, 0.1) is 0 Å². The lowest BCUT2D eigenvalue weighted by atomic mass is 9.92. The molecule has 1 aromatic carbocycles. The van der Waals surface area contributed by atoms with Gasteiger partial charge in [-0.3, -0.25) is 0 Å². The molecule has 0 saturated carbocycles. The highest BCUT2D eigenvalue weighted by molar-refractivity contribution is 7.71. The van der Waals surface area contributed by atoms with Crippen molar-refractivity contribution in [2.45, 2.75) is 33.1 Å². The van der Waals surface area contributed by atoms with E-state index in [1.807, 2.05) is 0 Å². The second-order valence-corrected chi connectivity index (χ2v) is 4.84. The monoisotopic (exact) mass is 248 g/mol. The Balaban J connectivity index is 2.22. The zero-order chi connectivity index (χ0) is 12.4. The minimum atomic E-state index is 0.341. The summed E-state index contributed by atoms with van der Waals surface area (Å²) in [6.45, 7) is 6.41. The van der Waals surface area contributed by atoms with Gasteiger partial charge in [0.2, 0.25) is 5.89 Å². The summed E-state index contributed by atoms with van der Waals surface area (Å²) in [7, 11) is 0. The lowest BCUT2D eigenvalue weighted by Gasteiger charge is -2.13. The van der Waals surface area contributed by atoms with Crippen LogP contribution in [0, 0.1) is 18.7 Å². The van der Waals surface area contributed by atoms with E-state index < -0.39 is 0 Å². The standard InChI is InChI=1S/C13H16N2OS/c1-8-4-5-9(2)11(6-8)10(3)7-12-14-15-13(17)16-12/h4-6,10H,7H2,1-3H3,(H,15,17). The molecule has 1 atom stereocenters. The molecule has 90 valence electrons. The van der Waals surface area contributed by atoms with Gasteiger partial charge in [-0.05, 0) is 43.1 Å². The normalized spacial score (nSPS) is 12.6. The van der Waals surface area contributed by atoms with E-state index in [0.29, 0.717) is 16.6 Å². The van der Waals surface area contributed by atoms with Crippen molar-refractivity contribution >= 4 is 12.2 Å². The SMILES string of the molecule is Cc1ccc(C)c(C(C)Cc2n[nH]c(=S)o2)c1. The maximum Gasteiger partial charge on any atom is 0.284 e. The van der Waals surface area contributed by atoms with Crippen LogP contribution >= 0.6 is 12.2 Å². The molecular formula is C13H16N2OS. The Morgan fingerprint density at radius 1 is 1.41 bits per heavy atom. The Morgan fingerprint density at radius 2 is 2.18 bits per heavy atom. The Labute approximate surface area is 106 Å². The van der Waals surface area contributed by atoms with E-state index in [0.717, 1.165) is 6.42 Å². The molecule has 17 heavy (non-hydrogen) atoms. The van der Waals surface area contributed by atoms with E-state index in [9.17, 15) is 0 Å². The van der Waals surface area contributed by atoms with Crippen molar-refractivity contribution in [2.75, 3.05) is 0 Å². The number of hydrogen-bond donors (Lipinski definition) is 1. The number of nitrogens with one attached hydrogen (secondary N) is 1. The maximum atomic E-state index is 5.29. The van der Waals surface area contributed by atoms with Gasteiger partial charge in [0.15, 0.2) is 0 Å². The highest BCUT2D eigenvalue weighted by atomic mass is 32.1. The number of aryl methyl sites for hydroxylation is 2. The summed E-state index contributed by atoms with van der Waals surface area (Å²) < 4.78 is 5.29. The van der Waals surface area contributed by atoms with Gasteiger partial charge in [-0.2, -0.15) is 0 Å². The summed E-state index contributed by atoms with van der Waals surface area (Å²) in [5.74, 6) is 1.04. The van der Waals surface area contributed by atoms with Crippen LogP contribution < -0.4 is 0 Å². The van der Waals surface area contributed by atoms with Crippen molar-refractivity contribution in [3.05, 3.63) is 45.6 Å². The van der Waals surface area contributed by atoms with E-state index in [2.05, 4.69) is 49.2 Å². The fraction of sp³-hybridized carbons (Fsp3) is 0.385. The van der Waals surface area contributed by atoms with E-state index in [1.165, 1.54) is 16.7 Å².